The predicted molar refractivity (Wildman–Crippen MR) is 60.0 cm³/mol. The van der Waals surface area contributed by atoms with Crippen LogP contribution in [0.3, 0.4) is 0 Å². The molecule has 0 aromatic carbocycles. The summed E-state index contributed by atoms with van der Waals surface area (Å²) in [5.41, 5.74) is 0.907. The molecule has 0 saturated heterocycles. The van der Waals surface area contributed by atoms with E-state index in [0.29, 0.717) is 17.4 Å². The first-order valence-corrected chi connectivity index (χ1v) is 5.78. The minimum Gasteiger partial charge on any atom is -0.481 e. The number of aliphatic hydroxyl groups excluding tert-OH is 2. The number of nitrogens with zero attached hydrogens (tertiary/aromatic N) is 1. The summed E-state index contributed by atoms with van der Waals surface area (Å²) in [6.45, 7) is -0.196. The van der Waals surface area contributed by atoms with E-state index in [1.165, 1.54) is 11.8 Å². The van der Waals surface area contributed by atoms with Crippen molar-refractivity contribution in [3.8, 4) is 5.88 Å². The first-order valence-electron chi connectivity index (χ1n) is 4.63. The Kier molecular flexibility index (Phi) is 5.45. The van der Waals surface area contributed by atoms with Gasteiger partial charge in [-0.25, -0.2) is 4.98 Å². The highest BCUT2D eigenvalue weighted by Gasteiger charge is 2.03. The van der Waals surface area contributed by atoms with E-state index in [2.05, 4.69) is 4.98 Å². The predicted octanol–water partition coefficient (Wildman–Crippen LogP) is 0.677. The highest BCUT2D eigenvalue weighted by Crippen LogP contribution is 2.14. The van der Waals surface area contributed by atoms with Gasteiger partial charge in [0.1, 0.15) is 0 Å². The van der Waals surface area contributed by atoms with Crippen LogP contribution in [0.1, 0.15) is 5.69 Å². The van der Waals surface area contributed by atoms with Crippen LogP contribution in [0.2, 0.25) is 0 Å². The van der Waals surface area contributed by atoms with Crippen molar-refractivity contribution in [2.24, 2.45) is 0 Å². The van der Waals surface area contributed by atoms with Gasteiger partial charge < -0.3 is 14.9 Å². The standard InChI is InChI=1S/C10H15NO3S/c1-14-10-4-2-3-8(11-10)6-15-7-9(13)5-12/h2-4,9,12-13H,5-7H2,1H3. The molecular weight excluding hydrogens is 214 g/mol. The van der Waals surface area contributed by atoms with Gasteiger partial charge in [0.05, 0.1) is 25.5 Å². The molecular formula is C10H15NO3S. The van der Waals surface area contributed by atoms with Crippen LogP contribution >= 0.6 is 11.8 Å². The average Bonchev–Trinajstić information content (AvgIpc) is 2.29. The lowest BCUT2D eigenvalue weighted by atomic mass is 10.4. The van der Waals surface area contributed by atoms with Crippen molar-refractivity contribution in [2.75, 3.05) is 19.5 Å². The van der Waals surface area contributed by atoms with E-state index >= 15 is 0 Å². The largest absolute Gasteiger partial charge is 0.481 e. The number of hydrogen-bond donors (Lipinski definition) is 2. The van der Waals surface area contributed by atoms with Crippen molar-refractivity contribution < 1.29 is 14.9 Å². The van der Waals surface area contributed by atoms with E-state index in [9.17, 15) is 0 Å². The molecule has 84 valence electrons. The molecule has 0 aliphatic carbocycles. The van der Waals surface area contributed by atoms with Crippen molar-refractivity contribution in [1.82, 2.24) is 4.98 Å². The van der Waals surface area contributed by atoms with Crippen LogP contribution in [0, 0.1) is 0 Å². The first kappa shape index (κ1) is 12.3. The zero-order chi connectivity index (χ0) is 11.1. The van der Waals surface area contributed by atoms with Crippen LogP contribution in [0.15, 0.2) is 18.2 Å². The summed E-state index contributed by atoms with van der Waals surface area (Å²) in [7, 11) is 1.58. The average molecular weight is 229 g/mol. The zero-order valence-electron chi connectivity index (χ0n) is 8.59. The topological polar surface area (TPSA) is 62.6 Å². The molecule has 1 unspecified atom stereocenters. The van der Waals surface area contributed by atoms with Gasteiger partial charge in [0.2, 0.25) is 5.88 Å². The van der Waals surface area contributed by atoms with Gasteiger partial charge in [-0.15, -0.1) is 0 Å². The van der Waals surface area contributed by atoms with Crippen molar-refractivity contribution in [3.63, 3.8) is 0 Å². The number of methoxy groups -OCH3 is 1. The third-order valence-corrected chi connectivity index (χ3v) is 2.88. The molecule has 0 aliphatic heterocycles. The van der Waals surface area contributed by atoms with E-state index in [1.54, 1.807) is 13.2 Å². The smallest absolute Gasteiger partial charge is 0.213 e. The number of pyridine rings is 1. The number of aromatic nitrogens is 1. The van der Waals surface area contributed by atoms with Crippen molar-refractivity contribution in [1.29, 1.82) is 0 Å². The Morgan fingerprint density at radius 3 is 3.00 bits per heavy atom. The summed E-state index contributed by atoms with van der Waals surface area (Å²) >= 11 is 1.53. The second-order valence-corrected chi connectivity index (χ2v) is 4.05. The Hall–Kier alpha value is -0.780. The summed E-state index contributed by atoms with van der Waals surface area (Å²) in [6.07, 6.45) is -0.652. The minimum atomic E-state index is -0.652. The van der Waals surface area contributed by atoms with Gasteiger partial charge in [0.15, 0.2) is 0 Å². The Bertz CT molecular complexity index is 296. The van der Waals surface area contributed by atoms with Crippen LogP contribution in [-0.2, 0) is 5.75 Å². The summed E-state index contributed by atoms with van der Waals surface area (Å²) in [6, 6.07) is 5.57. The van der Waals surface area contributed by atoms with Gasteiger partial charge in [-0.05, 0) is 6.07 Å². The molecule has 0 fully saturated rings. The fourth-order valence-corrected chi connectivity index (χ4v) is 1.87. The van der Waals surface area contributed by atoms with Crippen molar-refractivity contribution >= 4 is 11.8 Å². The maximum atomic E-state index is 9.12. The number of aliphatic hydroxyl groups is 2. The third kappa shape index (κ3) is 4.51. The second kappa shape index (κ2) is 6.66. The summed E-state index contributed by atoms with van der Waals surface area (Å²) in [5, 5.41) is 17.7. The SMILES string of the molecule is COc1cccc(CSCC(O)CO)n1. The summed E-state index contributed by atoms with van der Waals surface area (Å²) < 4.78 is 4.99. The fraction of sp³-hybridized carbons (Fsp3) is 0.500. The number of hydrogen-bond acceptors (Lipinski definition) is 5. The van der Waals surface area contributed by atoms with E-state index in [4.69, 9.17) is 14.9 Å². The lowest BCUT2D eigenvalue weighted by molar-refractivity contribution is 0.113. The zero-order valence-corrected chi connectivity index (χ0v) is 9.41. The van der Waals surface area contributed by atoms with E-state index in [0.717, 1.165) is 5.69 Å². The van der Waals surface area contributed by atoms with Gasteiger partial charge in [-0.1, -0.05) is 6.07 Å². The monoisotopic (exact) mass is 229 g/mol. The van der Waals surface area contributed by atoms with Crippen molar-refractivity contribution in [3.05, 3.63) is 23.9 Å². The van der Waals surface area contributed by atoms with Crippen LogP contribution in [-0.4, -0.2) is 40.8 Å². The molecule has 1 rings (SSSR count). The molecule has 1 heterocycles. The highest BCUT2D eigenvalue weighted by atomic mass is 32.2. The molecule has 2 N–H and O–H groups in total. The van der Waals surface area contributed by atoms with E-state index in [-0.39, 0.29) is 6.61 Å². The number of ether oxygens (including phenoxy) is 1. The quantitative estimate of drug-likeness (QED) is 0.751. The Balaban J connectivity index is 2.37. The molecule has 1 atom stereocenters. The lowest BCUT2D eigenvalue weighted by Gasteiger charge is -2.06. The normalized spacial score (nSPS) is 12.5. The molecule has 0 saturated carbocycles. The van der Waals surface area contributed by atoms with Crippen molar-refractivity contribution in [2.45, 2.75) is 11.9 Å². The van der Waals surface area contributed by atoms with Gasteiger partial charge in [-0.3, -0.25) is 0 Å². The Morgan fingerprint density at radius 2 is 2.33 bits per heavy atom. The highest BCUT2D eigenvalue weighted by molar-refractivity contribution is 7.98. The molecule has 0 amide bonds. The molecule has 0 bridgehead atoms. The minimum absolute atomic E-state index is 0.196. The maximum Gasteiger partial charge on any atom is 0.213 e. The molecule has 4 nitrogen and oxygen atoms in total. The van der Waals surface area contributed by atoms with E-state index < -0.39 is 6.10 Å². The molecule has 15 heavy (non-hydrogen) atoms. The van der Waals surface area contributed by atoms with Gasteiger partial charge >= 0.3 is 0 Å². The Morgan fingerprint density at radius 1 is 1.53 bits per heavy atom. The van der Waals surface area contributed by atoms with Crippen LogP contribution < -0.4 is 4.74 Å². The maximum absolute atomic E-state index is 9.12. The van der Waals surface area contributed by atoms with E-state index in [1.807, 2.05) is 12.1 Å². The van der Waals surface area contributed by atoms with Crippen LogP contribution in [0.4, 0.5) is 0 Å². The van der Waals surface area contributed by atoms with Crippen LogP contribution in [0.5, 0.6) is 5.88 Å². The fourth-order valence-electron chi connectivity index (χ4n) is 1.00. The summed E-state index contributed by atoms with van der Waals surface area (Å²) in [5.74, 6) is 1.81. The lowest BCUT2D eigenvalue weighted by Crippen LogP contribution is -2.14. The molecule has 0 radical (unpaired) electrons. The first-order chi connectivity index (χ1) is 7.26. The number of rotatable bonds is 6. The molecule has 1 aromatic rings. The molecule has 0 aliphatic rings. The van der Waals surface area contributed by atoms with Gasteiger partial charge in [0.25, 0.3) is 0 Å². The van der Waals surface area contributed by atoms with Crippen LogP contribution in [0.25, 0.3) is 0 Å². The summed E-state index contributed by atoms with van der Waals surface area (Å²) in [4.78, 5) is 4.23. The molecule has 1 aromatic heterocycles. The van der Waals surface area contributed by atoms with Gasteiger partial charge in [-0.2, -0.15) is 11.8 Å². The number of thioether (sulfide) groups is 1. The second-order valence-electron chi connectivity index (χ2n) is 3.02. The van der Waals surface area contributed by atoms with Gasteiger partial charge in [0, 0.05) is 17.6 Å². The Labute approximate surface area is 93.3 Å². The molecule has 0 spiro atoms. The third-order valence-electron chi connectivity index (χ3n) is 1.76. The molecule has 5 heteroatoms.